The molecule has 18 heavy (non-hydrogen) atoms. The normalized spacial score (nSPS) is 14.4. The quantitative estimate of drug-likeness (QED) is 0.835. The summed E-state index contributed by atoms with van der Waals surface area (Å²) in [4.78, 5) is 0. The van der Waals surface area contributed by atoms with Crippen LogP contribution in [0.15, 0.2) is 24.3 Å². The van der Waals surface area contributed by atoms with Gasteiger partial charge in [-0.1, -0.05) is 32.9 Å². The maximum absolute atomic E-state index is 9.34. The van der Waals surface area contributed by atoms with Crippen molar-refractivity contribution < 1.29 is 9.53 Å². The van der Waals surface area contributed by atoms with Gasteiger partial charge < -0.3 is 9.53 Å². The molecule has 1 N–H and O–H groups in total. The molecule has 2 nitrogen and oxygen atoms in total. The Morgan fingerprint density at radius 3 is 2.06 bits per heavy atom. The smallest absolute Gasteiger partial charge is 0.250 e. The van der Waals surface area contributed by atoms with Crippen molar-refractivity contribution in [2.45, 2.75) is 58.4 Å². The number of rotatable bonds is 4. The van der Waals surface area contributed by atoms with Crippen molar-refractivity contribution >= 4 is 8.32 Å². The van der Waals surface area contributed by atoms with Gasteiger partial charge in [0.05, 0.1) is 6.10 Å². The molecule has 0 aliphatic carbocycles. The van der Waals surface area contributed by atoms with Gasteiger partial charge in [0.2, 0.25) is 8.32 Å². The van der Waals surface area contributed by atoms with E-state index >= 15 is 0 Å². The fraction of sp³-hybridized carbons (Fsp3) is 0.600. The molecule has 0 aliphatic heterocycles. The zero-order chi connectivity index (χ0) is 14.0. The third-order valence-electron chi connectivity index (χ3n) is 3.63. The van der Waals surface area contributed by atoms with E-state index in [4.69, 9.17) is 4.43 Å². The van der Waals surface area contributed by atoms with Gasteiger partial charge in [0.1, 0.15) is 5.75 Å². The average Bonchev–Trinajstić information content (AvgIpc) is 2.18. The SMILES string of the molecule is C[C@H](O)Cc1ccc(O[Si](C)(C)C(C)(C)C)cc1. The van der Waals surface area contributed by atoms with Crippen LogP contribution in [-0.4, -0.2) is 19.5 Å². The van der Waals surface area contributed by atoms with Gasteiger partial charge in [-0.05, 0) is 49.2 Å². The zero-order valence-corrected chi connectivity index (χ0v) is 13.4. The Morgan fingerprint density at radius 1 is 1.17 bits per heavy atom. The van der Waals surface area contributed by atoms with Crippen LogP contribution in [-0.2, 0) is 6.42 Å². The predicted molar refractivity (Wildman–Crippen MR) is 79.7 cm³/mol. The van der Waals surface area contributed by atoms with Gasteiger partial charge in [-0.15, -0.1) is 0 Å². The van der Waals surface area contributed by atoms with Crippen molar-refractivity contribution in [2.75, 3.05) is 0 Å². The zero-order valence-electron chi connectivity index (χ0n) is 12.4. The van der Waals surface area contributed by atoms with Crippen molar-refractivity contribution in [3.05, 3.63) is 29.8 Å². The number of aliphatic hydroxyl groups is 1. The molecule has 0 radical (unpaired) electrons. The maximum atomic E-state index is 9.34. The largest absolute Gasteiger partial charge is 0.544 e. The molecule has 0 aromatic heterocycles. The molecule has 0 unspecified atom stereocenters. The van der Waals surface area contributed by atoms with Crippen LogP contribution in [0.4, 0.5) is 0 Å². The van der Waals surface area contributed by atoms with E-state index in [1.54, 1.807) is 6.92 Å². The molecule has 0 aliphatic rings. The highest BCUT2D eigenvalue weighted by Gasteiger charge is 2.38. The van der Waals surface area contributed by atoms with Crippen LogP contribution in [0.25, 0.3) is 0 Å². The van der Waals surface area contributed by atoms with Gasteiger partial charge in [0, 0.05) is 0 Å². The Morgan fingerprint density at radius 2 is 1.67 bits per heavy atom. The van der Waals surface area contributed by atoms with Crippen LogP contribution in [0.1, 0.15) is 33.3 Å². The monoisotopic (exact) mass is 266 g/mol. The summed E-state index contributed by atoms with van der Waals surface area (Å²) in [5.41, 5.74) is 1.15. The molecule has 1 aromatic rings. The molecule has 1 aromatic carbocycles. The maximum Gasteiger partial charge on any atom is 0.250 e. The van der Waals surface area contributed by atoms with E-state index in [0.29, 0.717) is 6.42 Å². The van der Waals surface area contributed by atoms with Gasteiger partial charge >= 0.3 is 0 Å². The van der Waals surface area contributed by atoms with E-state index in [1.165, 1.54) is 0 Å². The Bertz CT molecular complexity index is 374. The van der Waals surface area contributed by atoms with E-state index in [9.17, 15) is 5.11 Å². The Labute approximate surface area is 112 Å². The lowest BCUT2D eigenvalue weighted by Crippen LogP contribution is -2.43. The van der Waals surface area contributed by atoms with E-state index in [1.807, 2.05) is 24.3 Å². The van der Waals surface area contributed by atoms with E-state index < -0.39 is 8.32 Å². The average molecular weight is 266 g/mol. The first-order valence-corrected chi connectivity index (χ1v) is 9.49. The molecule has 0 fully saturated rings. The molecular weight excluding hydrogens is 240 g/mol. The third-order valence-corrected chi connectivity index (χ3v) is 7.99. The molecule has 0 bridgehead atoms. The van der Waals surface area contributed by atoms with Gasteiger partial charge in [0.25, 0.3) is 0 Å². The molecule has 3 heteroatoms. The Hall–Kier alpha value is -0.803. The summed E-state index contributed by atoms with van der Waals surface area (Å²) in [6.07, 6.45) is 0.401. The third kappa shape index (κ3) is 4.14. The summed E-state index contributed by atoms with van der Waals surface area (Å²) in [5.74, 6) is 0.941. The van der Waals surface area contributed by atoms with Crippen LogP contribution in [0.5, 0.6) is 5.75 Å². The minimum absolute atomic E-state index is 0.214. The van der Waals surface area contributed by atoms with Crippen molar-refractivity contribution in [3.8, 4) is 5.75 Å². The highest BCUT2D eigenvalue weighted by Crippen LogP contribution is 2.37. The molecular formula is C15H26O2Si. The van der Waals surface area contributed by atoms with Crippen molar-refractivity contribution in [2.24, 2.45) is 0 Å². The number of hydrogen-bond acceptors (Lipinski definition) is 2. The molecule has 102 valence electrons. The van der Waals surface area contributed by atoms with Gasteiger partial charge in [-0.2, -0.15) is 0 Å². The lowest BCUT2D eigenvalue weighted by atomic mass is 10.1. The first-order valence-electron chi connectivity index (χ1n) is 6.58. The molecule has 0 saturated heterocycles. The van der Waals surface area contributed by atoms with Crippen molar-refractivity contribution in [3.63, 3.8) is 0 Å². The minimum atomic E-state index is -1.74. The van der Waals surface area contributed by atoms with Crippen LogP contribution in [0.3, 0.4) is 0 Å². The highest BCUT2D eigenvalue weighted by molar-refractivity contribution is 6.74. The van der Waals surface area contributed by atoms with E-state index in [0.717, 1.165) is 11.3 Å². The first kappa shape index (κ1) is 15.3. The lowest BCUT2D eigenvalue weighted by Gasteiger charge is -2.36. The van der Waals surface area contributed by atoms with Crippen molar-refractivity contribution in [1.29, 1.82) is 0 Å². The topological polar surface area (TPSA) is 29.5 Å². The summed E-state index contributed by atoms with van der Waals surface area (Å²) >= 11 is 0. The van der Waals surface area contributed by atoms with Gasteiger partial charge in [-0.3, -0.25) is 0 Å². The van der Waals surface area contributed by atoms with E-state index in [2.05, 4.69) is 33.9 Å². The lowest BCUT2D eigenvalue weighted by molar-refractivity contribution is 0.195. The van der Waals surface area contributed by atoms with Crippen LogP contribution < -0.4 is 4.43 Å². The predicted octanol–water partition coefficient (Wildman–Crippen LogP) is 3.99. The van der Waals surface area contributed by atoms with E-state index in [-0.39, 0.29) is 11.1 Å². The highest BCUT2D eigenvalue weighted by atomic mass is 28.4. The van der Waals surface area contributed by atoms with Crippen LogP contribution in [0.2, 0.25) is 18.1 Å². The Balaban J connectivity index is 2.75. The summed E-state index contributed by atoms with van der Waals surface area (Å²) in [6, 6.07) is 8.10. The van der Waals surface area contributed by atoms with Crippen molar-refractivity contribution in [1.82, 2.24) is 0 Å². The number of hydrogen-bond donors (Lipinski definition) is 1. The van der Waals surface area contributed by atoms with Crippen LogP contribution >= 0.6 is 0 Å². The number of aliphatic hydroxyl groups excluding tert-OH is 1. The number of benzene rings is 1. The fourth-order valence-electron chi connectivity index (χ4n) is 1.48. The molecule has 0 heterocycles. The standard InChI is InChI=1S/C15H26O2Si/c1-12(16)11-13-7-9-14(10-8-13)17-18(5,6)15(2,3)4/h7-10,12,16H,11H2,1-6H3/t12-/m0/s1. The van der Waals surface area contributed by atoms with Gasteiger partial charge in [-0.25, -0.2) is 0 Å². The molecule has 0 amide bonds. The fourth-order valence-corrected chi connectivity index (χ4v) is 2.51. The minimum Gasteiger partial charge on any atom is -0.544 e. The second-order valence-electron chi connectivity index (χ2n) is 6.56. The summed E-state index contributed by atoms with van der Waals surface area (Å²) in [6.45, 7) is 13.0. The second kappa shape index (κ2) is 5.45. The Kier molecular flexibility index (Phi) is 4.62. The summed E-state index contributed by atoms with van der Waals surface area (Å²) < 4.78 is 6.20. The van der Waals surface area contributed by atoms with Crippen LogP contribution in [0, 0.1) is 0 Å². The second-order valence-corrected chi connectivity index (χ2v) is 11.3. The molecule has 1 rings (SSSR count). The van der Waals surface area contributed by atoms with Gasteiger partial charge in [0.15, 0.2) is 0 Å². The first-order chi connectivity index (χ1) is 8.12. The molecule has 1 atom stereocenters. The molecule has 0 saturated carbocycles. The summed E-state index contributed by atoms with van der Waals surface area (Å²) in [7, 11) is -1.74. The summed E-state index contributed by atoms with van der Waals surface area (Å²) in [5, 5.41) is 9.56. The molecule has 0 spiro atoms.